The highest BCUT2D eigenvalue weighted by atomic mass is 16.6. The van der Waals surface area contributed by atoms with Gasteiger partial charge in [0.15, 0.2) is 0 Å². The number of carboxylic acids is 1. The lowest BCUT2D eigenvalue weighted by Crippen LogP contribution is -2.56. The molecule has 5 rings (SSSR count). The van der Waals surface area contributed by atoms with E-state index in [0.29, 0.717) is 28.1 Å². The monoisotopic (exact) mass is 686 g/mol. The van der Waals surface area contributed by atoms with E-state index >= 15 is 0 Å². The number of fused-ring (bicyclic) bond motifs is 1. The lowest BCUT2D eigenvalue weighted by atomic mass is 10.0. The first-order valence-corrected chi connectivity index (χ1v) is 16.8. The van der Waals surface area contributed by atoms with Crippen LogP contribution < -0.4 is 20.1 Å². The molecule has 1 unspecified atom stereocenters. The fourth-order valence-corrected chi connectivity index (χ4v) is 6.37. The number of carbonyl (C=O) groups is 4. The third kappa shape index (κ3) is 8.01. The maximum Gasteiger partial charge on any atom is 0.408 e. The van der Waals surface area contributed by atoms with Crippen LogP contribution in [0.25, 0.3) is 22.2 Å². The number of ether oxygens (including phenoxy) is 3. The predicted octanol–water partition coefficient (Wildman–Crippen LogP) is 5.34. The second kappa shape index (κ2) is 14.4. The van der Waals surface area contributed by atoms with Gasteiger partial charge in [0.25, 0.3) is 0 Å². The Kier molecular flexibility index (Phi) is 10.4. The van der Waals surface area contributed by atoms with Gasteiger partial charge in [-0.1, -0.05) is 50.3 Å². The second-order valence-corrected chi connectivity index (χ2v) is 14.4. The van der Waals surface area contributed by atoms with Crippen LogP contribution in [-0.4, -0.2) is 81.8 Å². The molecule has 2 heterocycles. The molecule has 2 aliphatic rings. The molecule has 12 heteroatoms. The van der Waals surface area contributed by atoms with Gasteiger partial charge in [0.2, 0.25) is 11.8 Å². The molecule has 3 N–H and O–H groups in total. The van der Waals surface area contributed by atoms with Crippen LogP contribution in [0.4, 0.5) is 4.79 Å². The van der Waals surface area contributed by atoms with Gasteiger partial charge in [0.05, 0.1) is 24.9 Å². The average molecular weight is 687 g/mol. The van der Waals surface area contributed by atoms with E-state index in [0.717, 1.165) is 5.56 Å². The van der Waals surface area contributed by atoms with Crippen LogP contribution in [-0.2, 0) is 19.1 Å². The number of methoxy groups -OCH3 is 1. The van der Waals surface area contributed by atoms with Crippen molar-refractivity contribution in [3.63, 3.8) is 0 Å². The summed E-state index contributed by atoms with van der Waals surface area (Å²) in [5.74, 6) is -1.61. The van der Waals surface area contributed by atoms with Crippen LogP contribution in [0.5, 0.6) is 11.5 Å². The molecule has 1 aromatic heterocycles. The molecule has 0 spiro atoms. The molecule has 12 nitrogen and oxygen atoms in total. The van der Waals surface area contributed by atoms with Gasteiger partial charge in [0, 0.05) is 35.4 Å². The molecule has 2 aromatic carbocycles. The first kappa shape index (κ1) is 36.2. The van der Waals surface area contributed by atoms with E-state index in [-0.39, 0.29) is 31.7 Å². The quantitative estimate of drug-likeness (QED) is 0.214. The van der Waals surface area contributed by atoms with Crippen molar-refractivity contribution in [3.8, 4) is 22.8 Å². The molecule has 3 amide bonds. The van der Waals surface area contributed by atoms with Crippen molar-refractivity contribution in [2.45, 2.75) is 83.2 Å². The highest BCUT2D eigenvalue weighted by molar-refractivity contribution is 5.96. The zero-order valence-electron chi connectivity index (χ0n) is 29.4. The standard InChI is InChI=1S/C38H46N4O8/c1-8-24-20-38(24,35(45)46)41-33(43)31-18-26(21-42(31)34(44)30(16-22(2)3)40-36(47)50-37(4,5)6)49-32-19-28(23-12-10-9-11-13-23)39-29-17-25(48-7)14-15-27(29)32/h8-15,17,19,22,24,26,30-31H,1,16,18,20-21H2,2-7H3,(H,40,47)(H,41,43)(H,45,46)/t24-,26+,30-,31-,38?/m0/s1. The van der Waals surface area contributed by atoms with E-state index in [4.69, 9.17) is 19.2 Å². The van der Waals surface area contributed by atoms with E-state index in [2.05, 4.69) is 17.2 Å². The third-order valence-electron chi connectivity index (χ3n) is 8.91. The Hall–Kier alpha value is -5.13. The van der Waals surface area contributed by atoms with Crippen molar-refractivity contribution in [1.29, 1.82) is 0 Å². The number of pyridine rings is 1. The summed E-state index contributed by atoms with van der Waals surface area (Å²) in [6.07, 6.45) is 0.644. The molecule has 2 fully saturated rings. The number of nitrogens with one attached hydrogen (secondary N) is 2. The smallest absolute Gasteiger partial charge is 0.408 e. The topological polar surface area (TPSA) is 156 Å². The van der Waals surface area contributed by atoms with Gasteiger partial charge in [-0.05, 0) is 51.7 Å². The van der Waals surface area contributed by atoms with Crippen molar-refractivity contribution in [2.24, 2.45) is 11.8 Å². The average Bonchev–Trinajstić information content (AvgIpc) is 3.62. The number of likely N-dealkylation sites (tertiary alicyclic amines) is 1. The number of benzene rings is 2. The molecule has 1 saturated heterocycles. The van der Waals surface area contributed by atoms with E-state index in [1.165, 1.54) is 11.0 Å². The largest absolute Gasteiger partial charge is 0.497 e. The number of hydrogen-bond acceptors (Lipinski definition) is 8. The number of alkyl carbamates (subject to hydrolysis) is 1. The fourth-order valence-electron chi connectivity index (χ4n) is 6.37. The van der Waals surface area contributed by atoms with Crippen LogP contribution in [0.1, 0.15) is 53.9 Å². The number of hydrogen-bond donors (Lipinski definition) is 3. The summed E-state index contributed by atoms with van der Waals surface area (Å²) in [5, 5.41) is 16.1. The molecular formula is C38H46N4O8. The Labute approximate surface area is 292 Å². The van der Waals surface area contributed by atoms with Gasteiger partial charge in [0.1, 0.15) is 40.8 Å². The summed E-state index contributed by atoms with van der Waals surface area (Å²) in [6, 6.07) is 14.8. The highest BCUT2D eigenvalue weighted by Gasteiger charge is 2.61. The van der Waals surface area contributed by atoms with E-state index in [9.17, 15) is 24.3 Å². The van der Waals surface area contributed by atoms with Crippen LogP contribution in [0.3, 0.4) is 0 Å². The highest BCUT2D eigenvalue weighted by Crippen LogP contribution is 2.45. The van der Waals surface area contributed by atoms with Crippen molar-refractivity contribution in [1.82, 2.24) is 20.5 Å². The third-order valence-corrected chi connectivity index (χ3v) is 8.91. The van der Waals surface area contributed by atoms with Crippen LogP contribution >= 0.6 is 0 Å². The summed E-state index contributed by atoms with van der Waals surface area (Å²) < 4.78 is 17.5. The summed E-state index contributed by atoms with van der Waals surface area (Å²) >= 11 is 0. The molecule has 5 atom stereocenters. The zero-order valence-corrected chi connectivity index (χ0v) is 29.4. The van der Waals surface area contributed by atoms with Gasteiger partial charge in [-0.25, -0.2) is 14.6 Å². The fraction of sp³-hybridized carbons (Fsp3) is 0.447. The normalized spacial score (nSPS) is 22.1. The Bertz CT molecular complexity index is 1770. The van der Waals surface area contributed by atoms with Gasteiger partial charge >= 0.3 is 12.1 Å². The Balaban J connectivity index is 1.49. The summed E-state index contributed by atoms with van der Waals surface area (Å²) in [4.78, 5) is 59.6. The zero-order chi connectivity index (χ0) is 36.4. The molecule has 50 heavy (non-hydrogen) atoms. The predicted molar refractivity (Wildman–Crippen MR) is 188 cm³/mol. The molecule has 266 valence electrons. The molecule has 0 radical (unpaired) electrons. The Morgan fingerprint density at radius 3 is 2.44 bits per heavy atom. The van der Waals surface area contributed by atoms with Gasteiger partial charge in [-0.15, -0.1) is 6.58 Å². The van der Waals surface area contributed by atoms with Crippen LogP contribution in [0, 0.1) is 11.8 Å². The van der Waals surface area contributed by atoms with Crippen molar-refractivity contribution < 1.29 is 38.5 Å². The van der Waals surface area contributed by atoms with Gasteiger partial charge in [-0.2, -0.15) is 0 Å². The number of aromatic nitrogens is 1. The molecular weight excluding hydrogens is 640 g/mol. The number of rotatable bonds is 12. The van der Waals surface area contributed by atoms with Crippen molar-refractivity contribution in [2.75, 3.05) is 13.7 Å². The number of amides is 3. The number of aliphatic carboxylic acids is 1. The number of carbonyl (C=O) groups excluding carboxylic acids is 3. The van der Waals surface area contributed by atoms with Gasteiger partial charge < -0.3 is 34.9 Å². The SMILES string of the molecule is C=C[C@H]1CC1(NC(=O)[C@@H]1C[C@@H](Oc2cc(-c3ccccc3)nc3cc(OC)ccc23)CN1C(=O)[C@H](CC(C)C)NC(=O)OC(C)(C)C)C(=O)O. The van der Waals surface area contributed by atoms with E-state index in [1.807, 2.05) is 62.4 Å². The lowest BCUT2D eigenvalue weighted by molar-refractivity contribution is -0.145. The van der Waals surface area contributed by atoms with Crippen molar-refractivity contribution in [3.05, 3.63) is 67.3 Å². The Morgan fingerprint density at radius 1 is 1.12 bits per heavy atom. The van der Waals surface area contributed by atoms with Crippen LogP contribution in [0.2, 0.25) is 0 Å². The van der Waals surface area contributed by atoms with Crippen LogP contribution in [0.15, 0.2) is 67.3 Å². The molecule has 1 aliphatic heterocycles. The molecule has 1 saturated carbocycles. The number of nitrogens with zero attached hydrogens (tertiary/aromatic N) is 2. The first-order chi connectivity index (χ1) is 23.6. The summed E-state index contributed by atoms with van der Waals surface area (Å²) in [6.45, 7) is 12.7. The number of carboxylic acid groups (broad SMARTS) is 1. The minimum absolute atomic E-state index is 0.00693. The van der Waals surface area contributed by atoms with Crippen molar-refractivity contribution >= 4 is 34.8 Å². The minimum atomic E-state index is -1.50. The molecule has 0 bridgehead atoms. The molecule has 1 aliphatic carbocycles. The maximum atomic E-state index is 14.3. The van der Waals surface area contributed by atoms with E-state index < -0.39 is 59.1 Å². The summed E-state index contributed by atoms with van der Waals surface area (Å²) in [7, 11) is 1.58. The van der Waals surface area contributed by atoms with Gasteiger partial charge in [-0.3, -0.25) is 9.59 Å². The summed E-state index contributed by atoms with van der Waals surface area (Å²) in [5.41, 5.74) is -0.131. The lowest BCUT2D eigenvalue weighted by Gasteiger charge is -2.30. The maximum absolute atomic E-state index is 14.3. The molecule has 3 aromatic rings. The first-order valence-electron chi connectivity index (χ1n) is 16.8. The second-order valence-electron chi connectivity index (χ2n) is 14.4. The minimum Gasteiger partial charge on any atom is -0.497 e. The Morgan fingerprint density at radius 2 is 1.84 bits per heavy atom. The van der Waals surface area contributed by atoms with E-state index in [1.54, 1.807) is 33.9 Å².